The lowest BCUT2D eigenvalue weighted by molar-refractivity contribution is -0.129. The van der Waals surface area contributed by atoms with E-state index in [1.807, 2.05) is 7.05 Å². The van der Waals surface area contributed by atoms with Crippen molar-refractivity contribution in [2.45, 2.75) is 31.7 Å². The molecule has 1 rings (SSSR count). The van der Waals surface area contributed by atoms with Gasteiger partial charge in [-0.1, -0.05) is 6.42 Å². The molecule has 16 heavy (non-hydrogen) atoms. The van der Waals surface area contributed by atoms with E-state index < -0.39 is 0 Å². The lowest BCUT2D eigenvalue weighted by atomic mass is 10.0. The Morgan fingerprint density at radius 1 is 1.31 bits per heavy atom. The maximum atomic E-state index is 11.5. The number of carbonyl (C=O) groups is 1. The van der Waals surface area contributed by atoms with Crippen LogP contribution in [-0.4, -0.2) is 62.5 Å². The predicted molar refractivity (Wildman–Crippen MR) is 66.4 cm³/mol. The molecule has 0 aromatic heterocycles. The Balaban J connectivity index is 2.13. The third kappa shape index (κ3) is 4.94. The molecule has 0 radical (unpaired) electrons. The van der Waals surface area contributed by atoms with Gasteiger partial charge in [-0.05, 0) is 39.4 Å². The molecule has 0 spiro atoms. The molecule has 1 unspecified atom stereocenters. The standard InChI is InChI=1S/C12H25N3O/c1-14(2)12(16)10-15(3)9-7-11-6-4-5-8-13-11/h11,13H,4-10H2,1-3H3. The van der Waals surface area contributed by atoms with Gasteiger partial charge in [0.15, 0.2) is 0 Å². The second-order valence-electron chi connectivity index (χ2n) is 4.96. The number of rotatable bonds is 5. The molecule has 4 nitrogen and oxygen atoms in total. The first-order chi connectivity index (χ1) is 7.59. The third-order valence-corrected chi connectivity index (χ3v) is 3.18. The normalized spacial score (nSPS) is 21.1. The fraction of sp³-hybridized carbons (Fsp3) is 0.917. The summed E-state index contributed by atoms with van der Waals surface area (Å²) in [5.74, 6) is 0.180. The molecule has 1 atom stereocenters. The summed E-state index contributed by atoms with van der Waals surface area (Å²) < 4.78 is 0. The average Bonchev–Trinajstić information content (AvgIpc) is 2.27. The Hall–Kier alpha value is -0.610. The lowest BCUT2D eigenvalue weighted by Crippen LogP contribution is -2.39. The van der Waals surface area contributed by atoms with Crippen LogP contribution in [0.3, 0.4) is 0 Å². The van der Waals surface area contributed by atoms with E-state index in [1.54, 1.807) is 19.0 Å². The van der Waals surface area contributed by atoms with Crippen LogP contribution in [-0.2, 0) is 4.79 Å². The van der Waals surface area contributed by atoms with E-state index in [-0.39, 0.29) is 5.91 Å². The molecule has 0 aliphatic carbocycles. The molecule has 0 aromatic carbocycles. The molecular weight excluding hydrogens is 202 g/mol. The van der Waals surface area contributed by atoms with Crippen LogP contribution in [0.2, 0.25) is 0 Å². The van der Waals surface area contributed by atoms with Crippen molar-refractivity contribution < 1.29 is 4.79 Å². The van der Waals surface area contributed by atoms with Crippen molar-refractivity contribution in [2.75, 3.05) is 40.8 Å². The van der Waals surface area contributed by atoms with Crippen molar-refractivity contribution in [3.8, 4) is 0 Å². The van der Waals surface area contributed by atoms with E-state index in [2.05, 4.69) is 10.2 Å². The minimum Gasteiger partial charge on any atom is -0.348 e. The molecule has 1 aliphatic rings. The number of hydrogen-bond donors (Lipinski definition) is 1. The van der Waals surface area contributed by atoms with Gasteiger partial charge in [-0.3, -0.25) is 9.69 Å². The smallest absolute Gasteiger partial charge is 0.236 e. The first-order valence-electron chi connectivity index (χ1n) is 6.21. The first-order valence-corrected chi connectivity index (χ1v) is 6.21. The van der Waals surface area contributed by atoms with Gasteiger partial charge in [0.05, 0.1) is 6.54 Å². The minimum atomic E-state index is 0.180. The molecular formula is C12H25N3O. The highest BCUT2D eigenvalue weighted by atomic mass is 16.2. The summed E-state index contributed by atoms with van der Waals surface area (Å²) in [7, 11) is 5.63. The van der Waals surface area contributed by atoms with Crippen LogP contribution in [0.5, 0.6) is 0 Å². The number of piperidine rings is 1. The van der Waals surface area contributed by atoms with E-state index in [9.17, 15) is 4.79 Å². The van der Waals surface area contributed by atoms with Crippen LogP contribution >= 0.6 is 0 Å². The van der Waals surface area contributed by atoms with Crippen LogP contribution in [0.1, 0.15) is 25.7 Å². The van der Waals surface area contributed by atoms with E-state index in [0.717, 1.165) is 19.5 Å². The zero-order valence-electron chi connectivity index (χ0n) is 10.8. The largest absolute Gasteiger partial charge is 0.348 e. The summed E-state index contributed by atoms with van der Waals surface area (Å²) in [6.07, 6.45) is 5.09. The molecule has 0 saturated carbocycles. The number of carbonyl (C=O) groups excluding carboxylic acids is 1. The van der Waals surface area contributed by atoms with Gasteiger partial charge in [-0.2, -0.15) is 0 Å². The molecule has 1 saturated heterocycles. The van der Waals surface area contributed by atoms with Crippen molar-refractivity contribution in [2.24, 2.45) is 0 Å². The van der Waals surface area contributed by atoms with Crippen molar-refractivity contribution in [3.05, 3.63) is 0 Å². The number of nitrogens with zero attached hydrogens (tertiary/aromatic N) is 2. The number of amides is 1. The lowest BCUT2D eigenvalue weighted by Gasteiger charge is -2.26. The summed E-state index contributed by atoms with van der Waals surface area (Å²) in [6, 6.07) is 0.658. The average molecular weight is 227 g/mol. The molecule has 0 aromatic rings. The van der Waals surface area contributed by atoms with E-state index in [1.165, 1.54) is 19.3 Å². The Kier molecular flexibility index (Phi) is 5.77. The summed E-state index contributed by atoms with van der Waals surface area (Å²) >= 11 is 0. The van der Waals surface area contributed by atoms with E-state index in [4.69, 9.17) is 0 Å². The van der Waals surface area contributed by atoms with Gasteiger partial charge in [0.1, 0.15) is 0 Å². The van der Waals surface area contributed by atoms with Crippen LogP contribution in [0, 0.1) is 0 Å². The molecule has 4 heteroatoms. The van der Waals surface area contributed by atoms with E-state index >= 15 is 0 Å². The van der Waals surface area contributed by atoms with Gasteiger partial charge >= 0.3 is 0 Å². The molecule has 1 N–H and O–H groups in total. The van der Waals surface area contributed by atoms with Crippen LogP contribution in [0.4, 0.5) is 0 Å². The fourth-order valence-corrected chi connectivity index (χ4v) is 2.00. The Morgan fingerprint density at radius 2 is 2.06 bits per heavy atom. The first kappa shape index (κ1) is 13.5. The van der Waals surface area contributed by atoms with Crippen LogP contribution in [0.15, 0.2) is 0 Å². The van der Waals surface area contributed by atoms with Crippen LogP contribution < -0.4 is 5.32 Å². The molecule has 1 fully saturated rings. The molecule has 1 heterocycles. The third-order valence-electron chi connectivity index (χ3n) is 3.18. The number of hydrogen-bond acceptors (Lipinski definition) is 3. The van der Waals surface area contributed by atoms with Crippen molar-refractivity contribution in [1.82, 2.24) is 15.1 Å². The summed E-state index contributed by atoms with van der Waals surface area (Å²) in [4.78, 5) is 15.2. The van der Waals surface area contributed by atoms with Gasteiger partial charge in [0, 0.05) is 20.1 Å². The monoisotopic (exact) mass is 227 g/mol. The molecule has 1 aliphatic heterocycles. The second-order valence-corrected chi connectivity index (χ2v) is 4.96. The summed E-state index contributed by atoms with van der Waals surface area (Å²) in [6.45, 7) is 2.68. The van der Waals surface area contributed by atoms with Crippen molar-refractivity contribution >= 4 is 5.91 Å². The summed E-state index contributed by atoms with van der Waals surface area (Å²) in [5.41, 5.74) is 0. The van der Waals surface area contributed by atoms with Crippen LogP contribution in [0.25, 0.3) is 0 Å². The second kappa shape index (κ2) is 6.86. The van der Waals surface area contributed by atoms with Gasteiger partial charge in [0.25, 0.3) is 0 Å². The molecule has 94 valence electrons. The van der Waals surface area contributed by atoms with Gasteiger partial charge in [-0.25, -0.2) is 0 Å². The SMILES string of the molecule is CN(CCC1CCCCN1)CC(=O)N(C)C. The highest BCUT2D eigenvalue weighted by molar-refractivity contribution is 5.77. The number of likely N-dealkylation sites (N-methyl/N-ethyl adjacent to an activating group) is 2. The number of nitrogens with one attached hydrogen (secondary N) is 1. The Bertz CT molecular complexity index is 212. The highest BCUT2D eigenvalue weighted by Crippen LogP contribution is 2.10. The maximum absolute atomic E-state index is 11.5. The molecule has 1 amide bonds. The fourth-order valence-electron chi connectivity index (χ4n) is 2.00. The zero-order valence-corrected chi connectivity index (χ0v) is 10.8. The highest BCUT2D eigenvalue weighted by Gasteiger charge is 2.14. The maximum Gasteiger partial charge on any atom is 0.236 e. The van der Waals surface area contributed by atoms with Crippen molar-refractivity contribution in [1.29, 1.82) is 0 Å². The summed E-state index contributed by atoms with van der Waals surface area (Å²) in [5, 5.41) is 3.53. The molecule has 0 bridgehead atoms. The van der Waals surface area contributed by atoms with Crippen molar-refractivity contribution in [3.63, 3.8) is 0 Å². The quantitative estimate of drug-likeness (QED) is 0.744. The minimum absolute atomic E-state index is 0.180. The Morgan fingerprint density at radius 3 is 2.62 bits per heavy atom. The van der Waals surface area contributed by atoms with E-state index in [0.29, 0.717) is 12.6 Å². The van der Waals surface area contributed by atoms with Gasteiger partial charge in [0.2, 0.25) is 5.91 Å². The topological polar surface area (TPSA) is 35.6 Å². The van der Waals surface area contributed by atoms with Gasteiger partial charge in [-0.15, -0.1) is 0 Å². The Labute approximate surface area is 99.0 Å². The zero-order chi connectivity index (χ0) is 12.0. The van der Waals surface area contributed by atoms with Gasteiger partial charge < -0.3 is 10.2 Å². The predicted octanol–water partition coefficient (Wildman–Crippen LogP) is 0.539.